The third-order valence-electron chi connectivity index (χ3n) is 5.88. The lowest BCUT2D eigenvalue weighted by Gasteiger charge is -2.29. The molecular weight excluding hydrogens is 425 g/mol. The van der Waals surface area contributed by atoms with Crippen molar-refractivity contribution in [2.24, 2.45) is 5.92 Å². The van der Waals surface area contributed by atoms with E-state index in [1.807, 2.05) is 11.3 Å². The summed E-state index contributed by atoms with van der Waals surface area (Å²) in [4.78, 5) is 18.9. The van der Waals surface area contributed by atoms with Crippen molar-refractivity contribution in [2.75, 3.05) is 49.6 Å². The normalized spacial score (nSPS) is 15.4. The van der Waals surface area contributed by atoms with Gasteiger partial charge in [-0.2, -0.15) is 0 Å². The third kappa shape index (κ3) is 5.16. The maximum Gasteiger partial charge on any atom is 0.254 e. The van der Waals surface area contributed by atoms with Crippen LogP contribution in [0.4, 0.5) is 15.9 Å². The summed E-state index contributed by atoms with van der Waals surface area (Å²) in [5.74, 6) is 0.623. The lowest BCUT2D eigenvalue weighted by Crippen LogP contribution is -2.36. The number of rotatable bonds is 9. The molecule has 33 heavy (non-hydrogen) atoms. The summed E-state index contributed by atoms with van der Waals surface area (Å²) >= 11 is 0. The molecule has 1 fully saturated rings. The molecular formula is C23H32FN7O2. The molecule has 0 saturated carbocycles. The summed E-state index contributed by atoms with van der Waals surface area (Å²) in [7, 11) is 0. The second-order valence-electron chi connectivity index (χ2n) is 8.71. The van der Waals surface area contributed by atoms with Gasteiger partial charge in [0.05, 0.1) is 24.2 Å². The Morgan fingerprint density at radius 1 is 1.18 bits per heavy atom. The van der Waals surface area contributed by atoms with Crippen LogP contribution in [0.3, 0.4) is 0 Å². The van der Waals surface area contributed by atoms with Crippen molar-refractivity contribution >= 4 is 34.1 Å². The van der Waals surface area contributed by atoms with Gasteiger partial charge in [0.1, 0.15) is 5.82 Å². The Labute approximate surface area is 192 Å². The van der Waals surface area contributed by atoms with Gasteiger partial charge in [-0.1, -0.05) is 13.8 Å². The van der Waals surface area contributed by atoms with Crippen LogP contribution in [-0.4, -0.2) is 71.1 Å². The molecule has 0 aliphatic carbocycles. The molecule has 178 valence electrons. The minimum absolute atomic E-state index is 0.316. The SMILES string of the molecule is Cc1nnc2c(NCCCCNC(=O)[C@@H](F)C(C)C)nc3cc(N4CCOCC4)ccc3n12. The van der Waals surface area contributed by atoms with Crippen LogP contribution in [0.25, 0.3) is 16.7 Å². The molecule has 2 N–H and O–H groups in total. The lowest BCUT2D eigenvalue weighted by atomic mass is 10.1. The molecule has 1 atom stereocenters. The van der Waals surface area contributed by atoms with Gasteiger partial charge in [0.25, 0.3) is 5.91 Å². The van der Waals surface area contributed by atoms with Crippen molar-refractivity contribution < 1.29 is 13.9 Å². The Morgan fingerprint density at radius 2 is 1.94 bits per heavy atom. The van der Waals surface area contributed by atoms with Crippen LogP contribution in [-0.2, 0) is 9.53 Å². The van der Waals surface area contributed by atoms with E-state index in [9.17, 15) is 9.18 Å². The van der Waals surface area contributed by atoms with Crippen LogP contribution in [0.5, 0.6) is 0 Å². The predicted molar refractivity (Wildman–Crippen MR) is 127 cm³/mol. The Hall–Kier alpha value is -3.01. The number of benzene rings is 1. The van der Waals surface area contributed by atoms with Crippen LogP contribution < -0.4 is 15.5 Å². The van der Waals surface area contributed by atoms with Crippen LogP contribution >= 0.6 is 0 Å². The number of halogens is 1. The number of hydrogen-bond acceptors (Lipinski definition) is 7. The van der Waals surface area contributed by atoms with Gasteiger partial charge < -0.3 is 20.3 Å². The average molecular weight is 458 g/mol. The van der Waals surface area contributed by atoms with Crippen LogP contribution in [0.2, 0.25) is 0 Å². The smallest absolute Gasteiger partial charge is 0.254 e. The summed E-state index contributed by atoms with van der Waals surface area (Å²) in [6.45, 7) is 9.60. The van der Waals surface area contributed by atoms with Crippen molar-refractivity contribution in [2.45, 2.75) is 39.8 Å². The second kappa shape index (κ2) is 10.3. The average Bonchev–Trinajstić information content (AvgIpc) is 3.22. The summed E-state index contributed by atoms with van der Waals surface area (Å²) < 4.78 is 21.2. The second-order valence-corrected chi connectivity index (χ2v) is 8.71. The number of aromatic nitrogens is 4. The molecule has 0 bridgehead atoms. The Morgan fingerprint density at radius 3 is 2.70 bits per heavy atom. The number of carbonyl (C=O) groups excluding carboxylic acids is 1. The van der Waals surface area contributed by atoms with E-state index in [0.717, 1.165) is 61.7 Å². The highest BCUT2D eigenvalue weighted by Gasteiger charge is 2.20. The van der Waals surface area contributed by atoms with E-state index in [1.54, 1.807) is 13.8 Å². The zero-order chi connectivity index (χ0) is 23.4. The first-order valence-corrected chi connectivity index (χ1v) is 11.6. The van der Waals surface area contributed by atoms with Gasteiger partial charge in [0.15, 0.2) is 12.0 Å². The lowest BCUT2D eigenvalue weighted by molar-refractivity contribution is -0.127. The molecule has 0 spiro atoms. The van der Waals surface area contributed by atoms with Crippen molar-refractivity contribution in [3.8, 4) is 0 Å². The first kappa shape index (κ1) is 23.2. The van der Waals surface area contributed by atoms with Gasteiger partial charge in [0.2, 0.25) is 5.65 Å². The van der Waals surface area contributed by atoms with E-state index < -0.39 is 12.1 Å². The minimum Gasteiger partial charge on any atom is -0.378 e. The molecule has 1 amide bonds. The molecule has 1 aliphatic rings. The number of nitrogens with one attached hydrogen (secondary N) is 2. The summed E-state index contributed by atoms with van der Waals surface area (Å²) in [6, 6.07) is 6.28. The number of unbranched alkanes of at least 4 members (excludes halogenated alkanes) is 1. The fourth-order valence-corrected chi connectivity index (χ4v) is 3.97. The molecule has 4 rings (SSSR count). The highest BCUT2D eigenvalue weighted by Crippen LogP contribution is 2.26. The molecule has 10 heteroatoms. The van der Waals surface area contributed by atoms with Crippen LogP contribution in [0.15, 0.2) is 18.2 Å². The van der Waals surface area contributed by atoms with E-state index in [4.69, 9.17) is 9.72 Å². The molecule has 0 unspecified atom stereocenters. The number of amides is 1. The Bertz CT molecular complexity index is 1110. The largest absolute Gasteiger partial charge is 0.378 e. The number of anilines is 2. The quantitative estimate of drug-likeness (QED) is 0.477. The van der Waals surface area contributed by atoms with E-state index in [0.29, 0.717) is 24.6 Å². The summed E-state index contributed by atoms with van der Waals surface area (Å²) in [5.41, 5.74) is 3.64. The number of ether oxygens (including phenoxy) is 1. The van der Waals surface area contributed by atoms with Gasteiger partial charge in [-0.15, -0.1) is 10.2 Å². The van der Waals surface area contributed by atoms with E-state index in [2.05, 4.69) is 43.9 Å². The van der Waals surface area contributed by atoms with E-state index in [1.165, 1.54) is 0 Å². The molecule has 3 heterocycles. The molecule has 1 aromatic carbocycles. The molecule has 9 nitrogen and oxygen atoms in total. The number of nitrogens with zero attached hydrogens (tertiary/aromatic N) is 5. The topological polar surface area (TPSA) is 96.7 Å². The van der Waals surface area contributed by atoms with E-state index >= 15 is 0 Å². The van der Waals surface area contributed by atoms with Crippen molar-refractivity contribution in [3.05, 3.63) is 24.0 Å². The number of fused-ring (bicyclic) bond motifs is 3. The van der Waals surface area contributed by atoms with Crippen molar-refractivity contribution in [1.29, 1.82) is 0 Å². The summed E-state index contributed by atoms with van der Waals surface area (Å²) in [6.07, 6.45) is 0.0724. The maximum atomic E-state index is 13.7. The monoisotopic (exact) mass is 457 g/mol. The predicted octanol–water partition coefficient (Wildman–Crippen LogP) is 2.72. The fourth-order valence-electron chi connectivity index (χ4n) is 3.97. The molecule has 1 aliphatic heterocycles. The highest BCUT2D eigenvalue weighted by molar-refractivity contribution is 5.85. The molecule has 0 radical (unpaired) electrons. The molecule has 3 aromatic rings. The van der Waals surface area contributed by atoms with E-state index in [-0.39, 0.29) is 5.92 Å². The Kier molecular flexibility index (Phi) is 7.22. The van der Waals surface area contributed by atoms with Gasteiger partial charge in [-0.3, -0.25) is 9.20 Å². The first-order chi connectivity index (χ1) is 16.0. The van der Waals surface area contributed by atoms with Crippen LogP contribution in [0.1, 0.15) is 32.5 Å². The molecule has 2 aromatic heterocycles. The number of hydrogen-bond donors (Lipinski definition) is 2. The van der Waals surface area contributed by atoms with Crippen LogP contribution in [0, 0.1) is 12.8 Å². The zero-order valence-corrected chi connectivity index (χ0v) is 19.5. The van der Waals surface area contributed by atoms with Gasteiger partial charge in [0, 0.05) is 31.9 Å². The van der Waals surface area contributed by atoms with Gasteiger partial charge >= 0.3 is 0 Å². The van der Waals surface area contributed by atoms with Crippen molar-refractivity contribution in [1.82, 2.24) is 24.9 Å². The Balaban J connectivity index is 1.43. The highest BCUT2D eigenvalue weighted by atomic mass is 19.1. The number of morpholine rings is 1. The molecule has 1 saturated heterocycles. The zero-order valence-electron chi connectivity index (χ0n) is 19.5. The van der Waals surface area contributed by atoms with Crippen molar-refractivity contribution in [3.63, 3.8) is 0 Å². The fraction of sp³-hybridized carbons (Fsp3) is 0.565. The minimum atomic E-state index is -1.46. The number of alkyl halides is 1. The summed E-state index contributed by atoms with van der Waals surface area (Å²) in [5, 5.41) is 14.6. The van der Waals surface area contributed by atoms with Gasteiger partial charge in [-0.05, 0) is 43.9 Å². The first-order valence-electron chi connectivity index (χ1n) is 11.6. The maximum absolute atomic E-state index is 13.7. The standard InChI is InChI=1S/C23H32FN7O2/c1-15(2)20(24)23(32)26-9-5-4-8-25-21-22-29-28-16(3)31(22)19-7-6-17(14-18(19)27-21)30-10-12-33-13-11-30/h6-7,14-15,20H,4-5,8-13H2,1-3H3,(H,25,27)(H,26,32)/t20-/m0/s1. The number of carbonyl (C=O) groups is 1. The number of aryl methyl sites for hydroxylation is 1. The third-order valence-corrected chi connectivity index (χ3v) is 5.88. The van der Waals surface area contributed by atoms with Gasteiger partial charge in [-0.25, -0.2) is 9.37 Å².